The van der Waals surface area contributed by atoms with Gasteiger partial charge in [0.1, 0.15) is 6.07 Å². The Labute approximate surface area is 96.8 Å². The van der Waals surface area contributed by atoms with Gasteiger partial charge in [-0.3, -0.25) is 0 Å². The van der Waals surface area contributed by atoms with Crippen LogP contribution in [0.3, 0.4) is 0 Å². The molecule has 1 aromatic rings. The molecule has 0 heterocycles. The van der Waals surface area contributed by atoms with Crippen molar-refractivity contribution < 1.29 is 9.53 Å². The molecule has 0 saturated carbocycles. The number of esters is 1. The third-order valence-corrected chi connectivity index (χ3v) is 2.94. The van der Waals surface area contributed by atoms with Crippen molar-refractivity contribution in [2.45, 2.75) is 13.3 Å². The molecule has 0 N–H and O–H groups in total. The molecular weight excluding hydrogens is 258 g/mol. The van der Waals surface area contributed by atoms with Crippen LogP contribution in [0.2, 0.25) is 0 Å². The number of nitrogens with zero attached hydrogens (tertiary/aromatic N) is 1. The number of hydrogen-bond donors (Lipinski definition) is 0. The Morgan fingerprint density at radius 2 is 2.27 bits per heavy atom. The van der Waals surface area contributed by atoms with Crippen LogP contribution in [0.5, 0.6) is 0 Å². The average Bonchev–Trinajstić information content (AvgIpc) is 2.27. The fraction of sp³-hybridized carbons (Fsp3) is 0.273. The summed E-state index contributed by atoms with van der Waals surface area (Å²) in [7, 11) is 1.33. The molecule has 0 fully saturated rings. The maximum absolute atomic E-state index is 11.5. The number of ether oxygens (including phenoxy) is 1. The van der Waals surface area contributed by atoms with E-state index in [0.29, 0.717) is 15.6 Å². The first kappa shape index (κ1) is 11.7. The highest BCUT2D eigenvalue weighted by molar-refractivity contribution is 9.10. The largest absolute Gasteiger partial charge is 0.465 e. The Morgan fingerprint density at radius 3 is 2.73 bits per heavy atom. The van der Waals surface area contributed by atoms with E-state index in [1.807, 2.05) is 13.0 Å². The zero-order chi connectivity index (χ0) is 11.4. The predicted octanol–water partition coefficient (Wildman–Crippen LogP) is 2.67. The molecule has 0 aromatic heterocycles. The molecule has 0 aliphatic heterocycles. The molecular formula is C11H10BrNO2. The Balaban J connectivity index is 3.44. The van der Waals surface area contributed by atoms with E-state index in [-0.39, 0.29) is 0 Å². The monoisotopic (exact) mass is 267 g/mol. The van der Waals surface area contributed by atoms with Crippen LogP contribution in [0.25, 0.3) is 0 Å². The van der Waals surface area contributed by atoms with Gasteiger partial charge >= 0.3 is 5.97 Å². The molecule has 0 atom stereocenters. The molecule has 0 amide bonds. The van der Waals surface area contributed by atoms with E-state index in [4.69, 9.17) is 5.26 Å². The first-order valence-corrected chi connectivity index (χ1v) is 5.24. The lowest BCUT2D eigenvalue weighted by Crippen LogP contribution is -2.07. The third kappa shape index (κ3) is 2.18. The van der Waals surface area contributed by atoms with E-state index in [9.17, 15) is 4.79 Å². The van der Waals surface area contributed by atoms with E-state index < -0.39 is 5.97 Å². The second-order valence-corrected chi connectivity index (χ2v) is 3.71. The van der Waals surface area contributed by atoms with Crippen molar-refractivity contribution in [1.82, 2.24) is 0 Å². The van der Waals surface area contributed by atoms with Crippen molar-refractivity contribution in [3.8, 4) is 6.07 Å². The highest BCUT2D eigenvalue weighted by atomic mass is 79.9. The van der Waals surface area contributed by atoms with Crippen molar-refractivity contribution in [3.05, 3.63) is 33.3 Å². The minimum Gasteiger partial charge on any atom is -0.465 e. The van der Waals surface area contributed by atoms with Crippen LogP contribution in [0.4, 0.5) is 0 Å². The molecule has 78 valence electrons. The highest BCUT2D eigenvalue weighted by Crippen LogP contribution is 2.26. The number of hydrogen-bond acceptors (Lipinski definition) is 3. The average molecular weight is 268 g/mol. The number of methoxy groups -OCH3 is 1. The fourth-order valence-electron chi connectivity index (χ4n) is 1.32. The zero-order valence-corrected chi connectivity index (χ0v) is 10.1. The number of benzene rings is 1. The van der Waals surface area contributed by atoms with Crippen molar-refractivity contribution in [3.63, 3.8) is 0 Å². The van der Waals surface area contributed by atoms with E-state index in [2.05, 4.69) is 20.7 Å². The minimum absolute atomic E-state index is 0.421. The van der Waals surface area contributed by atoms with E-state index in [1.54, 1.807) is 12.1 Å². The number of nitriles is 1. The third-order valence-electron chi connectivity index (χ3n) is 2.12. The van der Waals surface area contributed by atoms with Gasteiger partial charge < -0.3 is 4.74 Å². The van der Waals surface area contributed by atoms with E-state index in [0.717, 1.165) is 12.0 Å². The molecule has 1 rings (SSSR count). The van der Waals surface area contributed by atoms with Gasteiger partial charge in [-0.15, -0.1) is 0 Å². The SMILES string of the molecule is CCc1ccc(C#N)c(Br)c1C(=O)OC. The Morgan fingerprint density at radius 1 is 1.60 bits per heavy atom. The first-order chi connectivity index (χ1) is 7.15. The quantitative estimate of drug-likeness (QED) is 0.775. The smallest absolute Gasteiger partial charge is 0.339 e. The highest BCUT2D eigenvalue weighted by Gasteiger charge is 2.17. The summed E-state index contributed by atoms with van der Waals surface area (Å²) in [6.45, 7) is 1.94. The molecule has 3 nitrogen and oxygen atoms in total. The second kappa shape index (κ2) is 4.94. The van der Waals surface area contributed by atoms with Gasteiger partial charge in [-0.05, 0) is 34.0 Å². The van der Waals surface area contributed by atoms with Gasteiger partial charge in [-0.25, -0.2) is 4.79 Å². The molecule has 15 heavy (non-hydrogen) atoms. The lowest BCUT2D eigenvalue weighted by atomic mass is 10.0. The lowest BCUT2D eigenvalue weighted by molar-refractivity contribution is 0.0598. The van der Waals surface area contributed by atoms with E-state index >= 15 is 0 Å². The van der Waals surface area contributed by atoms with Gasteiger partial charge in [0, 0.05) is 0 Å². The van der Waals surface area contributed by atoms with Crippen LogP contribution in [0.1, 0.15) is 28.4 Å². The van der Waals surface area contributed by atoms with E-state index in [1.165, 1.54) is 7.11 Å². The van der Waals surface area contributed by atoms with Crippen molar-refractivity contribution in [1.29, 1.82) is 5.26 Å². The summed E-state index contributed by atoms with van der Waals surface area (Å²) in [4.78, 5) is 11.5. The number of carbonyl (C=O) groups excluding carboxylic acids is 1. The fourth-order valence-corrected chi connectivity index (χ4v) is 1.96. The molecule has 0 radical (unpaired) electrons. The Bertz CT molecular complexity index is 435. The van der Waals surface area contributed by atoms with Crippen LogP contribution in [-0.2, 0) is 11.2 Å². The van der Waals surface area contributed by atoms with Gasteiger partial charge in [0.05, 0.1) is 22.7 Å². The number of halogens is 1. The van der Waals surface area contributed by atoms with Crippen LogP contribution in [-0.4, -0.2) is 13.1 Å². The van der Waals surface area contributed by atoms with Crippen molar-refractivity contribution in [2.24, 2.45) is 0 Å². The molecule has 0 spiro atoms. The summed E-state index contributed by atoms with van der Waals surface area (Å²) in [6.07, 6.45) is 0.717. The second-order valence-electron chi connectivity index (χ2n) is 2.92. The topological polar surface area (TPSA) is 50.1 Å². The molecule has 0 unspecified atom stereocenters. The maximum atomic E-state index is 11.5. The normalized spacial score (nSPS) is 9.47. The molecule has 0 saturated heterocycles. The summed E-state index contributed by atoms with van der Waals surface area (Å²) in [5, 5.41) is 8.83. The van der Waals surface area contributed by atoms with Gasteiger partial charge in [0.2, 0.25) is 0 Å². The van der Waals surface area contributed by atoms with Gasteiger partial charge in [0.15, 0.2) is 0 Å². The summed E-state index contributed by atoms with van der Waals surface area (Å²) in [5.41, 5.74) is 1.75. The Hall–Kier alpha value is -1.34. The first-order valence-electron chi connectivity index (χ1n) is 4.45. The number of aryl methyl sites for hydroxylation is 1. The zero-order valence-electron chi connectivity index (χ0n) is 8.50. The minimum atomic E-state index is -0.421. The van der Waals surface area contributed by atoms with Crippen LogP contribution < -0.4 is 0 Å². The number of carbonyl (C=O) groups is 1. The van der Waals surface area contributed by atoms with Crippen LogP contribution in [0, 0.1) is 11.3 Å². The summed E-state index contributed by atoms with van der Waals surface area (Å²) < 4.78 is 5.19. The molecule has 1 aromatic carbocycles. The molecule has 0 bridgehead atoms. The van der Waals surface area contributed by atoms with Gasteiger partial charge in [0.25, 0.3) is 0 Å². The van der Waals surface area contributed by atoms with Crippen LogP contribution in [0.15, 0.2) is 16.6 Å². The molecule has 0 aliphatic carbocycles. The molecule has 0 aliphatic rings. The lowest BCUT2D eigenvalue weighted by Gasteiger charge is -2.09. The van der Waals surface area contributed by atoms with Gasteiger partial charge in [-0.1, -0.05) is 13.0 Å². The van der Waals surface area contributed by atoms with Crippen molar-refractivity contribution in [2.75, 3.05) is 7.11 Å². The standard InChI is InChI=1S/C11H10BrNO2/c1-3-7-4-5-8(6-13)10(12)9(7)11(14)15-2/h4-5H,3H2,1-2H3. The Kier molecular flexibility index (Phi) is 3.87. The van der Waals surface area contributed by atoms with Crippen LogP contribution >= 0.6 is 15.9 Å². The summed E-state index contributed by atoms with van der Waals surface area (Å²) in [5.74, 6) is -0.421. The number of rotatable bonds is 2. The predicted molar refractivity (Wildman–Crippen MR) is 59.6 cm³/mol. The maximum Gasteiger partial charge on any atom is 0.339 e. The summed E-state index contributed by atoms with van der Waals surface area (Å²) in [6, 6.07) is 5.47. The molecule has 4 heteroatoms. The summed E-state index contributed by atoms with van der Waals surface area (Å²) >= 11 is 3.25. The van der Waals surface area contributed by atoms with Gasteiger partial charge in [-0.2, -0.15) is 5.26 Å². The van der Waals surface area contributed by atoms with Crippen molar-refractivity contribution >= 4 is 21.9 Å².